The molecule has 2 aromatic carbocycles. The lowest BCUT2D eigenvalue weighted by Crippen LogP contribution is -2.24. The summed E-state index contributed by atoms with van der Waals surface area (Å²) in [6.07, 6.45) is 1.45. The second kappa shape index (κ2) is 8.03. The van der Waals surface area contributed by atoms with Crippen LogP contribution in [0.2, 0.25) is 15.1 Å². The summed E-state index contributed by atoms with van der Waals surface area (Å²) in [5, 5.41) is 5.18. The number of rotatable bonds is 5. The molecule has 4 nitrogen and oxygen atoms in total. The number of nitrogens with one attached hydrogen (secondary N) is 1. The van der Waals surface area contributed by atoms with Crippen molar-refractivity contribution in [3.63, 3.8) is 0 Å². The van der Waals surface area contributed by atoms with Gasteiger partial charge < -0.3 is 4.74 Å². The number of amides is 1. The average molecular weight is 358 g/mol. The van der Waals surface area contributed by atoms with Crippen molar-refractivity contribution in [1.82, 2.24) is 5.43 Å². The van der Waals surface area contributed by atoms with Crippen molar-refractivity contribution in [1.29, 1.82) is 0 Å². The third kappa shape index (κ3) is 4.91. The zero-order chi connectivity index (χ0) is 15.9. The first-order chi connectivity index (χ1) is 10.6. The van der Waals surface area contributed by atoms with Crippen LogP contribution in [0.25, 0.3) is 0 Å². The van der Waals surface area contributed by atoms with Crippen molar-refractivity contribution in [2.75, 3.05) is 6.61 Å². The summed E-state index contributed by atoms with van der Waals surface area (Å²) in [7, 11) is 0. The van der Waals surface area contributed by atoms with Crippen LogP contribution in [0.15, 0.2) is 47.6 Å². The first-order valence-corrected chi connectivity index (χ1v) is 7.34. The fourth-order valence-electron chi connectivity index (χ4n) is 1.52. The van der Waals surface area contributed by atoms with Crippen molar-refractivity contribution in [3.8, 4) is 5.75 Å². The van der Waals surface area contributed by atoms with Crippen LogP contribution >= 0.6 is 34.8 Å². The average Bonchev–Trinajstić information content (AvgIpc) is 2.48. The summed E-state index contributed by atoms with van der Waals surface area (Å²) in [4.78, 5) is 11.6. The molecule has 0 fully saturated rings. The first-order valence-electron chi connectivity index (χ1n) is 6.20. The van der Waals surface area contributed by atoms with Gasteiger partial charge in [-0.2, -0.15) is 5.10 Å². The van der Waals surface area contributed by atoms with Gasteiger partial charge in [-0.25, -0.2) is 5.43 Å². The number of ether oxygens (including phenoxy) is 1. The van der Waals surface area contributed by atoms with E-state index in [0.29, 0.717) is 26.4 Å². The van der Waals surface area contributed by atoms with Crippen LogP contribution in [0, 0.1) is 0 Å². The zero-order valence-corrected chi connectivity index (χ0v) is 13.5. The Kier molecular flexibility index (Phi) is 6.07. The highest BCUT2D eigenvalue weighted by Gasteiger charge is 2.05. The summed E-state index contributed by atoms with van der Waals surface area (Å²) in [6.45, 7) is -0.221. The van der Waals surface area contributed by atoms with Crippen molar-refractivity contribution in [3.05, 3.63) is 63.1 Å². The van der Waals surface area contributed by atoms with Gasteiger partial charge in [0.15, 0.2) is 6.61 Å². The number of halogens is 3. The number of carbonyl (C=O) groups is 1. The molecule has 2 aromatic rings. The Bertz CT molecular complexity index is 705. The molecule has 0 spiro atoms. The predicted octanol–water partition coefficient (Wildman–Crippen LogP) is 4.18. The van der Waals surface area contributed by atoms with Gasteiger partial charge in [-0.05, 0) is 24.3 Å². The largest absolute Gasteiger partial charge is 0.482 e. The second-order valence-electron chi connectivity index (χ2n) is 4.18. The Hall–Kier alpha value is -1.75. The van der Waals surface area contributed by atoms with Crippen molar-refractivity contribution >= 4 is 46.9 Å². The van der Waals surface area contributed by atoms with Gasteiger partial charge in [-0.15, -0.1) is 0 Å². The first kappa shape index (κ1) is 16.6. The van der Waals surface area contributed by atoms with Crippen LogP contribution in [-0.4, -0.2) is 18.7 Å². The van der Waals surface area contributed by atoms with E-state index in [4.69, 9.17) is 39.5 Å². The number of hydrogen-bond acceptors (Lipinski definition) is 3. The van der Waals surface area contributed by atoms with Crippen LogP contribution in [0.3, 0.4) is 0 Å². The third-order valence-corrected chi connectivity index (χ3v) is 3.43. The van der Waals surface area contributed by atoms with E-state index in [1.54, 1.807) is 24.3 Å². The lowest BCUT2D eigenvalue weighted by molar-refractivity contribution is -0.123. The summed E-state index contributed by atoms with van der Waals surface area (Å²) < 4.78 is 5.28. The molecule has 114 valence electrons. The molecule has 0 bridgehead atoms. The van der Waals surface area contributed by atoms with E-state index < -0.39 is 5.91 Å². The number of carbonyl (C=O) groups excluding carboxylic acids is 1. The van der Waals surface area contributed by atoms with Gasteiger partial charge in [0.25, 0.3) is 5.91 Å². The second-order valence-corrected chi connectivity index (χ2v) is 5.43. The van der Waals surface area contributed by atoms with Gasteiger partial charge in [0, 0.05) is 15.6 Å². The molecule has 0 aliphatic carbocycles. The van der Waals surface area contributed by atoms with Gasteiger partial charge in [0.05, 0.1) is 11.2 Å². The van der Waals surface area contributed by atoms with Gasteiger partial charge >= 0.3 is 0 Å². The van der Waals surface area contributed by atoms with E-state index in [1.807, 2.05) is 12.1 Å². The monoisotopic (exact) mass is 356 g/mol. The van der Waals surface area contributed by atoms with Crippen molar-refractivity contribution in [2.24, 2.45) is 5.10 Å². The molecule has 0 heterocycles. The predicted molar refractivity (Wildman–Crippen MR) is 89.1 cm³/mol. The van der Waals surface area contributed by atoms with Crippen LogP contribution in [0.1, 0.15) is 5.56 Å². The normalized spacial score (nSPS) is 10.7. The molecule has 0 saturated carbocycles. The van der Waals surface area contributed by atoms with E-state index in [-0.39, 0.29) is 6.61 Å². The minimum Gasteiger partial charge on any atom is -0.482 e. The Morgan fingerprint density at radius 1 is 1.14 bits per heavy atom. The van der Waals surface area contributed by atoms with Gasteiger partial charge in [0.2, 0.25) is 0 Å². The fourth-order valence-corrected chi connectivity index (χ4v) is 2.17. The molecule has 0 aliphatic heterocycles. The summed E-state index contributed by atoms with van der Waals surface area (Å²) in [5.74, 6) is -0.0504. The van der Waals surface area contributed by atoms with Gasteiger partial charge in [0.1, 0.15) is 5.75 Å². The van der Waals surface area contributed by atoms with E-state index >= 15 is 0 Å². The quantitative estimate of drug-likeness (QED) is 0.645. The van der Waals surface area contributed by atoms with E-state index in [0.717, 1.165) is 0 Å². The number of hydrogen-bond donors (Lipinski definition) is 1. The third-order valence-electron chi connectivity index (χ3n) is 2.55. The van der Waals surface area contributed by atoms with Crippen molar-refractivity contribution in [2.45, 2.75) is 0 Å². The number of hydrazone groups is 1. The minimum absolute atomic E-state index is 0.221. The number of benzene rings is 2. The molecule has 1 amide bonds. The topological polar surface area (TPSA) is 50.7 Å². The van der Waals surface area contributed by atoms with Crippen molar-refractivity contribution < 1.29 is 9.53 Å². The van der Waals surface area contributed by atoms with Crippen LogP contribution < -0.4 is 10.2 Å². The molecule has 1 N–H and O–H groups in total. The smallest absolute Gasteiger partial charge is 0.277 e. The van der Waals surface area contributed by atoms with Crippen LogP contribution in [0.4, 0.5) is 0 Å². The molecule has 2 rings (SSSR count). The highest BCUT2D eigenvalue weighted by atomic mass is 35.5. The van der Waals surface area contributed by atoms with Gasteiger partial charge in [-0.3, -0.25) is 4.79 Å². The molecule has 0 radical (unpaired) electrons. The molecule has 0 saturated heterocycles. The summed E-state index contributed by atoms with van der Waals surface area (Å²) in [6, 6.07) is 11.9. The molecule has 0 aromatic heterocycles. The maximum absolute atomic E-state index is 11.6. The summed E-state index contributed by atoms with van der Waals surface area (Å²) in [5.41, 5.74) is 3.04. The number of nitrogens with zero attached hydrogens (tertiary/aromatic N) is 1. The minimum atomic E-state index is -0.422. The van der Waals surface area contributed by atoms with Gasteiger partial charge in [-0.1, -0.05) is 53.0 Å². The van der Waals surface area contributed by atoms with E-state index in [9.17, 15) is 4.79 Å². The molecule has 0 unspecified atom stereocenters. The fraction of sp³-hybridized carbons (Fsp3) is 0.0667. The Morgan fingerprint density at radius 3 is 2.64 bits per heavy atom. The standard InChI is InChI=1S/C15H11Cl3N2O2/c16-11-5-6-14(13(18)7-11)22-9-15(21)20-19-8-10-3-1-2-4-12(10)17/h1-8H,9H2,(H,20,21)/b19-8+. The zero-order valence-electron chi connectivity index (χ0n) is 11.2. The molecule has 0 atom stereocenters. The summed E-state index contributed by atoms with van der Waals surface area (Å²) >= 11 is 17.7. The van der Waals surface area contributed by atoms with Crippen LogP contribution in [-0.2, 0) is 4.79 Å². The van der Waals surface area contributed by atoms with Crippen LogP contribution in [0.5, 0.6) is 5.75 Å². The molecule has 0 aliphatic rings. The maximum Gasteiger partial charge on any atom is 0.277 e. The molecule has 7 heteroatoms. The molecular formula is C15H11Cl3N2O2. The Balaban J connectivity index is 1.84. The molecule has 22 heavy (non-hydrogen) atoms. The SMILES string of the molecule is O=C(COc1ccc(Cl)cc1Cl)N/N=C/c1ccccc1Cl. The molecular weight excluding hydrogens is 347 g/mol. The Labute approximate surface area is 142 Å². The lowest BCUT2D eigenvalue weighted by Gasteiger charge is -2.07. The lowest BCUT2D eigenvalue weighted by atomic mass is 10.2. The Morgan fingerprint density at radius 2 is 1.91 bits per heavy atom. The maximum atomic E-state index is 11.6. The van der Waals surface area contributed by atoms with E-state index in [1.165, 1.54) is 12.3 Å². The highest BCUT2D eigenvalue weighted by molar-refractivity contribution is 6.35. The highest BCUT2D eigenvalue weighted by Crippen LogP contribution is 2.27. The van der Waals surface area contributed by atoms with E-state index in [2.05, 4.69) is 10.5 Å².